The van der Waals surface area contributed by atoms with Crippen LogP contribution in [-0.4, -0.2) is 9.97 Å². The lowest BCUT2D eigenvalue weighted by atomic mass is 10.2. The fraction of sp³-hybridized carbons (Fsp3) is 0.111. The van der Waals surface area contributed by atoms with Crippen LogP contribution in [0.4, 0.5) is 5.69 Å². The lowest BCUT2D eigenvalue weighted by Crippen LogP contribution is -1.91. The van der Waals surface area contributed by atoms with E-state index in [1.807, 2.05) is 13.0 Å². The highest BCUT2D eigenvalue weighted by molar-refractivity contribution is 6.34. The van der Waals surface area contributed by atoms with Crippen LogP contribution in [0.15, 0.2) is 18.2 Å². The molecule has 1 aromatic carbocycles. The molecule has 0 aliphatic rings. The summed E-state index contributed by atoms with van der Waals surface area (Å²) >= 11 is 5.93. The highest BCUT2D eigenvalue weighted by atomic mass is 35.5. The summed E-state index contributed by atoms with van der Waals surface area (Å²) < 4.78 is 0. The molecule has 13 heavy (non-hydrogen) atoms. The van der Waals surface area contributed by atoms with Crippen LogP contribution in [0, 0.1) is 6.92 Å². The van der Waals surface area contributed by atoms with Gasteiger partial charge in [-0.2, -0.15) is 0 Å². The molecule has 0 fully saturated rings. The molecule has 0 bridgehead atoms. The SMILES string of the molecule is Cc1nc(Cl)c2cc(N)ccc2n1. The average Bonchev–Trinajstić information content (AvgIpc) is 2.06. The zero-order chi connectivity index (χ0) is 9.42. The van der Waals surface area contributed by atoms with Gasteiger partial charge in [0, 0.05) is 11.1 Å². The molecule has 0 atom stereocenters. The number of fused-ring (bicyclic) bond motifs is 1. The quantitative estimate of drug-likeness (QED) is 0.515. The number of nitrogen functional groups attached to an aromatic ring is 1. The van der Waals surface area contributed by atoms with Crippen LogP contribution in [0.3, 0.4) is 0 Å². The molecule has 0 spiro atoms. The molecule has 2 N–H and O–H groups in total. The van der Waals surface area contributed by atoms with Crippen LogP contribution in [0.1, 0.15) is 5.82 Å². The first-order valence-electron chi connectivity index (χ1n) is 3.86. The van der Waals surface area contributed by atoms with E-state index in [1.54, 1.807) is 12.1 Å². The van der Waals surface area contributed by atoms with Crippen LogP contribution < -0.4 is 5.73 Å². The number of aryl methyl sites for hydroxylation is 1. The second-order valence-corrected chi connectivity index (χ2v) is 3.20. The molecular formula is C9H8ClN3. The minimum Gasteiger partial charge on any atom is -0.399 e. The maximum atomic E-state index is 5.93. The van der Waals surface area contributed by atoms with E-state index in [0.717, 1.165) is 10.9 Å². The van der Waals surface area contributed by atoms with Gasteiger partial charge in [0.05, 0.1) is 5.52 Å². The molecule has 4 heteroatoms. The molecule has 0 saturated carbocycles. The number of rotatable bonds is 0. The third kappa shape index (κ3) is 1.42. The summed E-state index contributed by atoms with van der Waals surface area (Å²) in [5, 5.41) is 1.25. The molecule has 0 unspecified atom stereocenters. The van der Waals surface area contributed by atoms with Gasteiger partial charge in [0.25, 0.3) is 0 Å². The van der Waals surface area contributed by atoms with Crippen molar-refractivity contribution in [2.45, 2.75) is 6.92 Å². The van der Waals surface area contributed by atoms with Crippen LogP contribution >= 0.6 is 11.6 Å². The van der Waals surface area contributed by atoms with Crippen molar-refractivity contribution in [2.75, 3.05) is 5.73 Å². The molecule has 1 heterocycles. The van der Waals surface area contributed by atoms with Gasteiger partial charge in [-0.3, -0.25) is 0 Å². The van der Waals surface area contributed by atoms with E-state index in [2.05, 4.69) is 9.97 Å². The van der Waals surface area contributed by atoms with Crippen molar-refractivity contribution >= 4 is 28.2 Å². The van der Waals surface area contributed by atoms with Crippen molar-refractivity contribution in [1.82, 2.24) is 9.97 Å². The number of nitrogens with two attached hydrogens (primary N) is 1. The molecule has 0 radical (unpaired) electrons. The first-order chi connectivity index (χ1) is 6.16. The number of nitrogens with zero attached hydrogens (tertiary/aromatic N) is 2. The zero-order valence-electron chi connectivity index (χ0n) is 7.08. The van der Waals surface area contributed by atoms with E-state index < -0.39 is 0 Å². The van der Waals surface area contributed by atoms with Gasteiger partial charge >= 0.3 is 0 Å². The average molecular weight is 194 g/mol. The molecule has 3 nitrogen and oxygen atoms in total. The van der Waals surface area contributed by atoms with Crippen molar-refractivity contribution in [1.29, 1.82) is 0 Å². The number of aromatic nitrogens is 2. The Kier molecular flexibility index (Phi) is 1.81. The van der Waals surface area contributed by atoms with Gasteiger partial charge in [0.1, 0.15) is 11.0 Å². The van der Waals surface area contributed by atoms with Crippen molar-refractivity contribution in [2.24, 2.45) is 0 Å². The lowest BCUT2D eigenvalue weighted by molar-refractivity contribution is 1.09. The Morgan fingerprint density at radius 3 is 2.85 bits per heavy atom. The van der Waals surface area contributed by atoms with Crippen LogP contribution in [0.5, 0.6) is 0 Å². The standard InChI is InChI=1S/C9H8ClN3/c1-5-12-8-3-2-6(11)4-7(8)9(10)13-5/h2-4H,11H2,1H3. The summed E-state index contributed by atoms with van der Waals surface area (Å²) in [6, 6.07) is 5.41. The predicted molar refractivity (Wildman–Crippen MR) is 53.7 cm³/mol. The Balaban J connectivity index is 2.87. The van der Waals surface area contributed by atoms with E-state index in [-0.39, 0.29) is 0 Å². The maximum Gasteiger partial charge on any atom is 0.140 e. The summed E-state index contributed by atoms with van der Waals surface area (Å²) in [5.74, 6) is 0.669. The molecule has 0 amide bonds. The Morgan fingerprint density at radius 1 is 1.31 bits per heavy atom. The van der Waals surface area contributed by atoms with Crippen molar-refractivity contribution in [3.8, 4) is 0 Å². The van der Waals surface area contributed by atoms with Gasteiger partial charge in [0.15, 0.2) is 0 Å². The van der Waals surface area contributed by atoms with Crippen molar-refractivity contribution in [3.63, 3.8) is 0 Å². The van der Waals surface area contributed by atoms with Crippen LogP contribution in [0.25, 0.3) is 10.9 Å². The van der Waals surface area contributed by atoms with E-state index >= 15 is 0 Å². The molecule has 0 saturated heterocycles. The highest BCUT2D eigenvalue weighted by Gasteiger charge is 2.02. The first kappa shape index (κ1) is 8.26. The van der Waals surface area contributed by atoms with Crippen molar-refractivity contribution < 1.29 is 0 Å². The molecule has 2 aromatic rings. The molecular weight excluding hydrogens is 186 g/mol. The number of halogens is 1. The number of hydrogen-bond donors (Lipinski definition) is 1. The Morgan fingerprint density at radius 2 is 2.08 bits per heavy atom. The highest BCUT2D eigenvalue weighted by Crippen LogP contribution is 2.22. The Hall–Kier alpha value is -1.35. The smallest absolute Gasteiger partial charge is 0.140 e. The number of anilines is 1. The largest absolute Gasteiger partial charge is 0.399 e. The minimum absolute atomic E-state index is 0.454. The third-order valence-corrected chi connectivity index (χ3v) is 2.07. The zero-order valence-corrected chi connectivity index (χ0v) is 7.84. The number of benzene rings is 1. The van der Waals surface area contributed by atoms with Crippen molar-refractivity contribution in [3.05, 3.63) is 29.2 Å². The molecule has 0 aliphatic heterocycles. The molecule has 0 aliphatic carbocycles. The van der Waals surface area contributed by atoms with Gasteiger partial charge in [-0.25, -0.2) is 9.97 Å². The van der Waals surface area contributed by atoms with Crippen LogP contribution in [-0.2, 0) is 0 Å². The van der Waals surface area contributed by atoms with Crippen LogP contribution in [0.2, 0.25) is 5.15 Å². The van der Waals surface area contributed by atoms with Gasteiger partial charge in [-0.1, -0.05) is 11.6 Å². The first-order valence-corrected chi connectivity index (χ1v) is 4.24. The topological polar surface area (TPSA) is 51.8 Å². The lowest BCUT2D eigenvalue weighted by Gasteiger charge is -2.01. The van der Waals surface area contributed by atoms with E-state index in [4.69, 9.17) is 17.3 Å². The fourth-order valence-electron chi connectivity index (χ4n) is 1.22. The van der Waals surface area contributed by atoms with Gasteiger partial charge in [-0.05, 0) is 25.1 Å². The monoisotopic (exact) mass is 193 g/mol. The summed E-state index contributed by atoms with van der Waals surface area (Å²) in [6.07, 6.45) is 0. The minimum atomic E-state index is 0.454. The van der Waals surface area contributed by atoms with Gasteiger partial charge in [0.2, 0.25) is 0 Å². The normalized spacial score (nSPS) is 10.6. The molecule has 1 aromatic heterocycles. The van der Waals surface area contributed by atoms with Gasteiger partial charge < -0.3 is 5.73 Å². The second kappa shape index (κ2) is 2.85. The summed E-state index contributed by atoms with van der Waals surface area (Å²) in [5.41, 5.74) is 7.11. The fourth-order valence-corrected chi connectivity index (χ4v) is 1.49. The van der Waals surface area contributed by atoms with Gasteiger partial charge in [-0.15, -0.1) is 0 Å². The maximum absolute atomic E-state index is 5.93. The summed E-state index contributed by atoms with van der Waals surface area (Å²) in [7, 11) is 0. The predicted octanol–water partition coefficient (Wildman–Crippen LogP) is 2.17. The summed E-state index contributed by atoms with van der Waals surface area (Å²) in [6.45, 7) is 1.81. The van der Waals surface area contributed by atoms with E-state index in [9.17, 15) is 0 Å². The van der Waals surface area contributed by atoms with E-state index in [1.165, 1.54) is 0 Å². The second-order valence-electron chi connectivity index (χ2n) is 2.84. The third-order valence-electron chi connectivity index (χ3n) is 1.79. The number of hydrogen-bond acceptors (Lipinski definition) is 3. The summed E-state index contributed by atoms with van der Waals surface area (Å²) in [4.78, 5) is 8.27. The molecule has 66 valence electrons. The Bertz CT molecular complexity index is 468. The Labute approximate surface area is 80.6 Å². The van der Waals surface area contributed by atoms with E-state index in [0.29, 0.717) is 16.7 Å². The molecule has 2 rings (SSSR count).